The quantitative estimate of drug-likeness (QED) is 0.698. The summed E-state index contributed by atoms with van der Waals surface area (Å²) in [6.45, 7) is 1.80. The second-order valence-electron chi connectivity index (χ2n) is 5.01. The third-order valence-electron chi connectivity index (χ3n) is 2.79. The number of nitrogens with zero attached hydrogens (tertiary/aromatic N) is 1. The van der Waals surface area contributed by atoms with Crippen molar-refractivity contribution in [2.45, 2.75) is 6.42 Å². The van der Waals surface area contributed by atoms with Crippen molar-refractivity contribution in [3.05, 3.63) is 29.8 Å². The number of nitrogens with one attached hydrogen (secondary N) is 2. The Bertz CT molecular complexity index is 371. The van der Waals surface area contributed by atoms with Crippen molar-refractivity contribution in [3.63, 3.8) is 0 Å². The van der Waals surface area contributed by atoms with E-state index in [4.69, 9.17) is 0 Å². The summed E-state index contributed by atoms with van der Waals surface area (Å²) in [7, 11) is 8.20. The smallest absolute Gasteiger partial charge is 0.251 e. The van der Waals surface area contributed by atoms with Crippen molar-refractivity contribution in [1.82, 2.24) is 5.32 Å². The van der Waals surface area contributed by atoms with E-state index in [1.54, 1.807) is 0 Å². The molecule has 4 nitrogen and oxygen atoms in total. The summed E-state index contributed by atoms with van der Waals surface area (Å²) in [5.74, 6) is 0.00839. The van der Waals surface area contributed by atoms with Crippen molar-refractivity contribution in [2.24, 2.45) is 0 Å². The zero-order chi connectivity index (χ0) is 13.5. The minimum Gasteiger partial charge on any atom is -0.378 e. The van der Waals surface area contributed by atoms with Gasteiger partial charge in [0.15, 0.2) is 0 Å². The van der Waals surface area contributed by atoms with Crippen molar-refractivity contribution < 1.29 is 9.69 Å². The van der Waals surface area contributed by atoms with Gasteiger partial charge in [0.2, 0.25) is 0 Å². The third-order valence-corrected chi connectivity index (χ3v) is 2.79. The predicted octanol–water partition coefficient (Wildman–Crippen LogP) is 0.0170. The average molecular weight is 250 g/mol. The Kier molecular flexibility index (Phi) is 5.65. The molecular formula is C14H24N3O+. The highest BCUT2D eigenvalue weighted by Crippen LogP contribution is 2.11. The second-order valence-corrected chi connectivity index (χ2v) is 5.01. The van der Waals surface area contributed by atoms with Crippen LogP contribution in [0.25, 0.3) is 0 Å². The lowest BCUT2D eigenvalue weighted by Crippen LogP contribution is -3.05. The number of quaternary nitrogens is 1. The molecule has 0 aliphatic carbocycles. The van der Waals surface area contributed by atoms with Crippen LogP contribution >= 0.6 is 0 Å². The molecule has 1 amide bonds. The first-order valence-corrected chi connectivity index (χ1v) is 6.35. The van der Waals surface area contributed by atoms with Crippen molar-refractivity contribution >= 4 is 11.6 Å². The SMILES string of the molecule is CN(C)c1ccc(C(=O)NCCC[NH+](C)C)cc1. The molecule has 0 aliphatic heterocycles. The van der Waals surface area contributed by atoms with E-state index in [9.17, 15) is 4.79 Å². The number of hydrogen-bond acceptors (Lipinski definition) is 2. The van der Waals surface area contributed by atoms with E-state index >= 15 is 0 Å². The summed E-state index contributed by atoms with van der Waals surface area (Å²) in [4.78, 5) is 15.3. The predicted molar refractivity (Wildman–Crippen MR) is 75.4 cm³/mol. The number of carbonyl (C=O) groups is 1. The lowest BCUT2D eigenvalue weighted by atomic mass is 10.2. The minimum absolute atomic E-state index is 0.00839. The number of hydrogen-bond donors (Lipinski definition) is 2. The molecule has 1 rings (SSSR count). The number of anilines is 1. The highest BCUT2D eigenvalue weighted by molar-refractivity contribution is 5.94. The van der Waals surface area contributed by atoms with Crippen LogP contribution in [0.2, 0.25) is 0 Å². The molecule has 1 aromatic rings. The van der Waals surface area contributed by atoms with Crippen LogP contribution in [0.1, 0.15) is 16.8 Å². The number of benzene rings is 1. The van der Waals surface area contributed by atoms with Crippen LogP contribution in [0.4, 0.5) is 5.69 Å². The monoisotopic (exact) mass is 250 g/mol. The van der Waals surface area contributed by atoms with E-state index in [0.29, 0.717) is 0 Å². The maximum Gasteiger partial charge on any atom is 0.251 e. The van der Waals surface area contributed by atoms with E-state index in [1.165, 1.54) is 4.90 Å². The Hall–Kier alpha value is -1.55. The minimum atomic E-state index is 0.00839. The Morgan fingerprint density at radius 3 is 2.33 bits per heavy atom. The van der Waals surface area contributed by atoms with Crippen LogP contribution in [-0.2, 0) is 0 Å². The Morgan fingerprint density at radius 1 is 1.22 bits per heavy atom. The molecular weight excluding hydrogens is 226 g/mol. The van der Waals surface area contributed by atoms with Gasteiger partial charge in [-0.1, -0.05) is 0 Å². The Balaban J connectivity index is 2.42. The first kappa shape index (κ1) is 14.5. The standard InChI is InChI=1S/C14H23N3O/c1-16(2)11-5-10-15-14(18)12-6-8-13(9-7-12)17(3)4/h6-9H,5,10-11H2,1-4H3,(H,15,18)/p+1. The van der Waals surface area contributed by atoms with E-state index < -0.39 is 0 Å². The highest BCUT2D eigenvalue weighted by Gasteiger charge is 2.05. The average Bonchev–Trinajstić information content (AvgIpc) is 2.34. The molecule has 4 heteroatoms. The first-order chi connectivity index (χ1) is 8.50. The molecule has 0 saturated heterocycles. The van der Waals surface area contributed by atoms with Gasteiger partial charge in [0.25, 0.3) is 5.91 Å². The van der Waals surface area contributed by atoms with E-state index in [2.05, 4.69) is 19.4 Å². The van der Waals surface area contributed by atoms with Gasteiger partial charge in [0, 0.05) is 38.3 Å². The summed E-state index contributed by atoms with van der Waals surface area (Å²) in [6.07, 6.45) is 1.00. The normalized spacial score (nSPS) is 10.5. The molecule has 0 aromatic heterocycles. The van der Waals surface area contributed by atoms with E-state index in [0.717, 1.165) is 30.8 Å². The number of amides is 1. The maximum atomic E-state index is 11.8. The summed E-state index contributed by atoms with van der Waals surface area (Å²) >= 11 is 0. The lowest BCUT2D eigenvalue weighted by Gasteiger charge is -2.12. The first-order valence-electron chi connectivity index (χ1n) is 6.35. The highest BCUT2D eigenvalue weighted by atomic mass is 16.1. The van der Waals surface area contributed by atoms with Crippen molar-refractivity contribution in [1.29, 1.82) is 0 Å². The summed E-state index contributed by atoms with van der Waals surface area (Å²) in [5.41, 5.74) is 1.82. The van der Waals surface area contributed by atoms with Gasteiger partial charge in [-0.15, -0.1) is 0 Å². The van der Waals surface area contributed by atoms with E-state index in [1.807, 2.05) is 43.3 Å². The van der Waals surface area contributed by atoms with E-state index in [-0.39, 0.29) is 5.91 Å². The Morgan fingerprint density at radius 2 is 1.83 bits per heavy atom. The Labute approximate surface area is 110 Å². The molecule has 0 heterocycles. The molecule has 100 valence electrons. The van der Waals surface area contributed by atoms with Crippen LogP contribution in [0, 0.1) is 0 Å². The van der Waals surface area contributed by atoms with Crippen LogP contribution in [0.15, 0.2) is 24.3 Å². The fourth-order valence-electron chi connectivity index (χ4n) is 1.66. The third kappa shape index (κ3) is 4.75. The maximum absolute atomic E-state index is 11.8. The van der Waals surface area contributed by atoms with Gasteiger partial charge in [0.1, 0.15) is 0 Å². The number of carbonyl (C=O) groups excluding carboxylic acids is 1. The molecule has 0 spiro atoms. The number of rotatable bonds is 6. The van der Waals surface area contributed by atoms with Gasteiger partial charge >= 0.3 is 0 Å². The molecule has 0 bridgehead atoms. The summed E-state index contributed by atoms with van der Waals surface area (Å²) in [5, 5.41) is 2.94. The van der Waals surface area contributed by atoms with Crippen LogP contribution in [0.3, 0.4) is 0 Å². The molecule has 0 atom stereocenters. The summed E-state index contributed by atoms with van der Waals surface area (Å²) in [6, 6.07) is 7.64. The largest absolute Gasteiger partial charge is 0.378 e. The van der Waals surface area contributed by atoms with Gasteiger partial charge in [-0.05, 0) is 24.3 Å². The van der Waals surface area contributed by atoms with Gasteiger partial charge in [-0.3, -0.25) is 4.79 Å². The zero-order valence-electron chi connectivity index (χ0n) is 11.8. The van der Waals surface area contributed by atoms with Crippen LogP contribution in [0.5, 0.6) is 0 Å². The van der Waals surface area contributed by atoms with Crippen LogP contribution in [-0.4, -0.2) is 47.2 Å². The van der Waals surface area contributed by atoms with Crippen LogP contribution < -0.4 is 15.1 Å². The molecule has 0 unspecified atom stereocenters. The molecule has 1 aromatic carbocycles. The molecule has 2 N–H and O–H groups in total. The molecule has 0 aliphatic rings. The molecule has 18 heavy (non-hydrogen) atoms. The lowest BCUT2D eigenvalue weighted by molar-refractivity contribution is -0.858. The fraction of sp³-hybridized carbons (Fsp3) is 0.500. The molecule has 0 fully saturated rings. The topological polar surface area (TPSA) is 36.8 Å². The van der Waals surface area contributed by atoms with Gasteiger partial charge < -0.3 is 15.1 Å². The van der Waals surface area contributed by atoms with Crippen molar-refractivity contribution in [3.8, 4) is 0 Å². The fourth-order valence-corrected chi connectivity index (χ4v) is 1.66. The van der Waals surface area contributed by atoms with Gasteiger partial charge in [-0.2, -0.15) is 0 Å². The molecule has 0 saturated carbocycles. The zero-order valence-corrected chi connectivity index (χ0v) is 11.8. The van der Waals surface area contributed by atoms with Gasteiger partial charge in [-0.25, -0.2) is 0 Å². The summed E-state index contributed by atoms with van der Waals surface area (Å²) < 4.78 is 0. The molecule has 0 radical (unpaired) electrons. The van der Waals surface area contributed by atoms with Gasteiger partial charge in [0.05, 0.1) is 20.6 Å². The second kappa shape index (κ2) is 7.01. The van der Waals surface area contributed by atoms with Crippen molar-refractivity contribution in [2.75, 3.05) is 46.2 Å².